The van der Waals surface area contributed by atoms with Gasteiger partial charge in [0.15, 0.2) is 11.5 Å². The van der Waals surface area contributed by atoms with Crippen molar-refractivity contribution in [2.75, 3.05) is 73.6 Å². The SMILES string of the molecule is O=c1nc(NCCCN2CCN(CCCNc3nc(Nc4cc(S(=O)(=O)[O-])cc5cc(SOO[O-])c(N=Nc6ccccc6CO[O-])c(O)c45)[nH]c(=O)n3)CC2)nc(Nc2cc(S(=O)(=O)[O-])cc3cc(SOO[O-])c(N=Nc4ccccc4CO[O-])c(O)c23)[nH]1.[Na+].[Na+].[Na+].[Na+].[Na+].[Na+]. The standard InChI is InChI=1S/C50H52N16O20S4.6Na/c67-43-39-29(21-37(87-85-83-73)41(43)63-61-33-9-3-1-7-27(33)25-81-71)19-31(89(75,76)77)23-35(39)53-47-55-45(57-49(69)59-47)51-11-5-13-65-15-17-66(18-16-65)14-6-12-52-46-56-48(60-50(70)58-46)54-36-24-32(90(78,79)80)20-30-22-38(88-86-84-74)42(44(68)40(30)36)64-62-34-10-4-2-8-28(34)26-82-72;;;;;;/h1-4,7-10,19-24,67-68,71-74H,5-6,11-18,25-26H2,(H,75,76,77)(H,78,79,80)(H3,51,53,55,57,59,69)(H3,52,54,56,58,60,70);;;;;;/q;6*+1/p-6. The van der Waals surface area contributed by atoms with Crippen molar-refractivity contribution in [1.29, 1.82) is 0 Å². The average Bonchev–Trinajstić information content (AvgIpc) is 0.764. The Morgan fingerprint density at radius 2 is 0.917 bits per heavy atom. The van der Waals surface area contributed by atoms with Crippen LogP contribution in [0.5, 0.6) is 11.5 Å². The number of H-pyrrole nitrogens is 2. The third-order valence-corrected chi connectivity index (χ3v) is 16.1. The molecular weight excluding hydrogens is 1410 g/mol. The van der Waals surface area contributed by atoms with Gasteiger partial charge in [-0.05, 0) is 85.2 Å². The monoisotopic (exact) mass is 1460 g/mol. The fourth-order valence-electron chi connectivity index (χ4n) is 9.16. The normalized spacial score (nSPS) is 12.6. The minimum Gasteiger partial charge on any atom is -0.744 e. The Morgan fingerprint density at radius 3 is 1.27 bits per heavy atom. The third-order valence-electron chi connectivity index (χ3n) is 13.2. The second kappa shape index (κ2) is 42.2. The number of azo groups is 2. The quantitative estimate of drug-likeness (QED) is 0.00394. The van der Waals surface area contributed by atoms with Crippen molar-refractivity contribution in [2.24, 2.45) is 20.5 Å². The molecule has 0 bridgehead atoms. The minimum absolute atomic E-state index is 0. The molecule has 46 heteroatoms. The maximum atomic E-state index is 12.8. The van der Waals surface area contributed by atoms with Crippen molar-refractivity contribution >= 4 is 124 Å². The summed E-state index contributed by atoms with van der Waals surface area (Å²) in [7, 11) is -10.3. The fourth-order valence-corrected chi connectivity index (χ4v) is 11.2. The van der Waals surface area contributed by atoms with Crippen LogP contribution in [0, 0.1) is 0 Å². The number of aromatic nitrogens is 6. The molecule has 1 aliphatic rings. The summed E-state index contributed by atoms with van der Waals surface area (Å²) in [5.74, 6) is -2.16. The Balaban J connectivity index is 0.00000400. The predicted molar refractivity (Wildman–Crippen MR) is 305 cm³/mol. The molecule has 0 aliphatic carbocycles. The molecule has 0 spiro atoms. The molecule has 1 saturated heterocycles. The molecule has 1 aliphatic heterocycles. The van der Waals surface area contributed by atoms with E-state index in [2.05, 4.69) is 110 Å². The second-order valence-corrected chi connectivity index (χ2v) is 23.2. The first-order chi connectivity index (χ1) is 43.3. The number of nitrogens with zero attached hydrogens (tertiary/aromatic N) is 10. The topological polar surface area (TPSA) is 524 Å². The summed E-state index contributed by atoms with van der Waals surface area (Å²) in [4.78, 5) is 57.4. The van der Waals surface area contributed by atoms with E-state index in [1.54, 1.807) is 36.4 Å². The van der Waals surface area contributed by atoms with Crippen LogP contribution in [-0.4, -0.2) is 128 Å². The smallest absolute Gasteiger partial charge is 0.744 e. The van der Waals surface area contributed by atoms with Crippen molar-refractivity contribution < 1.29 is 263 Å². The molecule has 36 nitrogen and oxygen atoms in total. The van der Waals surface area contributed by atoms with Crippen LogP contribution in [0.25, 0.3) is 21.5 Å². The Bertz CT molecular complexity index is 4080. The van der Waals surface area contributed by atoms with Gasteiger partial charge in [-0.2, -0.15) is 38.8 Å². The number of nitrogens with one attached hydrogen (secondary N) is 6. The van der Waals surface area contributed by atoms with Gasteiger partial charge in [0, 0.05) is 61.2 Å². The molecule has 0 radical (unpaired) electrons. The molecule has 1 fully saturated rings. The summed E-state index contributed by atoms with van der Waals surface area (Å²) in [5.41, 5.74) is -1.94. The van der Waals surface area contributed by atoms with Gasteiger partial charge < -0.3 is 81.2 Å². The molecule has 96 heavy (non-hydrogen) atoms. The second-order valence-electron chi connectivity index (χ2n) is 19.0. The summed E-state index contributed by atoms with van der Waals surface area (Å²) in [6.45, 7) is 3.93. The zero-order chi connectivity index (χ0) is 64.0. The molecular formula is C50H46N16Na6O20S4. The maximum Gasteiger partial charge on any atom is 1.00 e. The number of aromatic hydroxyl groups is 2. The Kier molecular flexibility index (Phi) is 38.5. The molecule has 476 valence electrons. The zero-order valence-corrected chi connectivity index (χ0v) is 67.2. The molecule has 3 heterocycles. The van der Waals surface area contributed by atoms with Crippen LogP contribution in [0.2, 0.25) is 0 Å². The van der Waals surface area contributed by atoms with Gasteiger partial charge in [-0.15, -0.1) is 10.2 Å². The Morgan fingerprint density at radius 1 is 0.542 bits per heavy atom. The number of piperazine rings is 1. The van der Waals surface area contributed by atoms with E-state index in [-0.39, 0.29) is 304 Å². The Labute approximate surface area is 685 Å². The van der Waals surface area contributed by atoms with E-state index in [9.17, 15) is 66.8 Å². The molecule has 6 aromatic carbocycles. The molecule has 8 N–H and O–H groups in total. The van der Waals surface area contributed by atoms with Crippen LogP contribution in [0.15, 0.2) is 135 Å². The summed E-state index contributed by atoms with van der Waals surface area (Å²) in [5, 5.41) is 101. The van der Waals surface area contributed by atoms with Crippen molar-refractivity contribution in [3.63, 3.8) is 0 Å². The number of hydrogen-bond acceptors (Lipinski definition) is 36. The summed E-state index contributed by atoms with van der Waals surface area (Å²) < 4.78 is 83.0. The molecule has 2 aromatic heterocycles. The van der Waals surface area contributed by atoms with Crippen molar-refractivity contribution in [2.45, 2.75) is 45.6 Å². The van der Waals surface area contributed by atoms with Crippen molar-refractivity contribution in [1.82, 2.24) is 39.7 Å². The van der Waals surface area contributed by atoms with Gasteiger partial charge in [0.25, 0.3) is 0 Å². The first-order valence-electron chi connectivity index (χ1n) is 26.1. The van der Waals surface area contributed by atoms with E-state index >= 15 is 0 Å². The van der Waals surface area contributed by atoms with Crippen LogP contribution in [0.4, 0.5) is 57.9 Å². The van der Waals surface area contributed by atoms with E-state index in [1.807, 2.05) is 0 Å². The first-order valence-corrected chi connectivity index (χ1v) is 30.4. The van der Waals surface area contributed by atoms with E-state index in [4.69, 9.17) is 0 Å². The molecule has 0 atom stereocenters. The first kappa shape index (κ1) is 87.7. The van der Waals surface area contributed by atoms with E-state index in [1.165, 1.54) is 24.3 Å². The van der Waals surface area contributed by atoms with Gasteiger partial charge in [-0.1, -0.05) is 36.4 Å². The van der Waals surface area contributed by atoms with Crippen molar-refractivity contribution in [3.05, 3.63) is 117 Å². The van der Waals surface area contributed by atoms with Crippen LogP contribution in [0.3, 0.4) is 0 Å². The fraction of sp³-hybridized carbons (Fsp3) is 0.240. The number of aromatic amines is 2. The van der Waals surface area contributed by atoms with Crippen LogP contribution >= 0.6 is 24.1 Å². The summed E-state index contributed by atoms with van der Waals surface area (Å²) >= 11 is 0.548. The predicted octanol–water partition coefficient (Wildman–Crippen LogP) is -15.5. The number of anilines is 6. The van der Waals surface area contributed by atoms with Gasteiger partial charge in [0.05, 0.1) is 79.6 Å². The van der Waals surface area contributed by atoms with Gasteiger partial charge in [-0.25, -0.2) is 26.4 Å². The van der Waals surface area contributed by atoms with Crippen LogP contribution in [0.1, 0.15) is 24.0 Å². The van der Waals surface area contributed by atoms with Gasteiger partial charge in [0.1, 0.15) is 31.6 Å². The van der Waals surface area contributed by atoms with Gasteiger partial charge >= 0.3 is 189 Å². The molecule has 9 rings (SSSR count). The number of fused-ring (bicyclic) bond motifs is 2. The maximum absolute atomic E-state index is 12.8. The number of rotatable bonds is 30. The molecule has 0 amide bonds. The molecule has 8 aromatic rings. The summed E-state index contributed by atoms with van der Waals surface area (Å²) in [6, 6.07) is 18.6. The number of benzene rings is 6. The van der Waals surface area contributed by atoms with E-state index in [0.29, 0.717) is 76.3 Å². The van der Waals surface area contributed by atoms with Gasteiger partial charge in [-0.3, -0.25) is 20.0 Å². The third kappa shape index (κ3) is 24.3. The number of phenols is 2. The van der Waals surface area contributed by atoms with Crippen LogP contribution in [-0.2, 0) is 62.0 Å². The van der Waals surface area contributed by atoms with Crippen molar-refractivity contribution in [3.8, 4) is 11.5 Å². The molecule has 0 unspecified atom stereocenters. The number of hydrogen-bond donors (Lipinski definition) is 8. The minimum atomic E-state index is -5.15. The zero-order valence-electron chi connectivity index (χ0n) is 51.9. The van der Waals surface area contributed by atoms with E-state index in [0.717, 1.165) is 24.3 Å². The van der Waals surface area contributed by atoms with Crippen LogP contribution < -0.4 is 231 Å². The largest absolute Gasteiger partial charge is 1.00 e. The average molecular weight is 1460 g/mol. The molecule has 0 saturated carbocycles. The van der Waals surface area contributed by atoms with Gasteiger partial charge in [0.2, 0.25) is 23.8 Å². The summed E-state index contributed by atoms with van der Waals surface area (Å²) in [6.07, 6.45) is 1.15. The number of phenolic OH excluding ortho intramolecular Hbond substituents is 2. The van der Waals surface area contributed by atoms with E-state index < -0.39 is 52.9 Å². The Hall–Kier alpha value is -2.50.